The monoisotopic (exact) mass is 285 g/mol. The average molecular weight is 285 g/mol. The van der Waals surface area contributed by atoms with Crippen LogP contribution in [0.1, 0.15) is 36.0 Å². The molecule has 0 unspecified atom stereocenters. The summed E-state index contributed by atoms with van der Waals surface area (Å²) < 4.78 is 30.1. The molecular formula is C14H17F2NO3. The normalized spacial score (nSPS) is 10.2. The third kappa shape index (κ3) is 5.34. The lowest BCUT2D eigenvalue weighted by atomic mass is 10.1. The van der Waals surface area contributed by atoms with E-state index < -0.39 is 17.5 Å². The second-order valence-electron chi connectivity index (χ2n) is 4.27. The molecule has 0 aliphatic heterocycles. The number of esters is 1. The van der Waals surface area contributed by atoms with Crippen molar-refractivity contribution in [3.8, 4) is 0 Å². The molecule has 0 saturated carbocycles. The van der Waals surface area contributed by atoms with Crippen LogP contribution in [0.3, 0.4) is 0 Å². The molecule has 0 spiro atoms. The Kier molecular flexibility index (Phi) is 6.63. The summed E-state index contributed by atoms with van der Waals surface area (Å²) in [6, 6.07) is 3.01. The number of benzene rings is 1. The molecule has 0 atom stereocenters. The van der Waals surface area contributed by atoms with Gasteiger partial charge < -0.3 is 10.1 Å². The molecule has 0 aromatic heterocycles. The minimum atomic E-state index is -1.05. The number of ether oxygens (including phenoxy) is 1. The van der Waals surface area contributed by atoms with Crippen LogP contribution in [0, 0.1) is 11.6 Å². The Balaban J connectivity index is 2.23. The van der Waals surface area contributed by atoms with Crippen molar-refractivity contribution in [1.82, 2.24) is 5.32 Å². The average Bonchev–Trinajstić information content (AvgIpc) is 2.44. The van der Waals surface area contributed by atoms with Crippen molar-refractivity contribution >= 4 is 11.9 Å². The summed E-state index contributed by atoms with van der Waals surface area (Å²) in [5, 5.41) is 2.60. The van der Waals surface area contributed by atoms with Crippen LogP contribution in [-0.2, 0) is 9.53 Å². The maximum Gasteiger partial charge on any atom is 0.305 e. The van der Waals surface area contributed by atoms with E-state index in [-0.39, 0.29) is 11.5 Å². The van der Waals surface area contributed by atoms with Crippen LogP contribution in [0.25, 0.3) is 0 Å². The fourth-order valence-corrected chi connectivity index (χ4v) is 1.61. The summed E-state index contributed by atoms with van der Waals surface area (Å²) in [6.45, 7) is 0.416. The van der Waals surface area contributed by atoms with Crippen LogP contribution in [0.2, 0.25) is 0 Å². The molecule has 1 rings (SSSR count). The van der Waals surface area contributed by atoms with Crippen LogP contribution >= 0.6 is 0 Å². The van der Waals surface area contributed by atoms with Gasteiger partial charge in [-0.15, -0.1) is 0 Å². The SMILES string of the molecule is COC(=O)CCCCCNC(=O)c1ccc(F)c(F)c1. The third-order valence-electron chi connectivity index (χ3n) is 2.75. The van der Waals surface area contributed by atoms with E-state index in [1.54, 1.807) is 0 Å². The molecule has 0 saturated heterocycles. The van der Waals surface area contributed by atoms with Gasteiger partial charge >= 0.3 is 5.97 Å². The van der Waals surface area contributed by atoms with Gasteiger partial charge in [-0.1, -0.05) is 6.42 Å². The molecule has 1 N–H and O–H groups in total. The lowest BCUT2D eigenvalue weighted by Gasteiger charge is -2.05. The van der Waals surface area contributed by atoms with Gasteiger partial charge in [-0.2, -0.15) is 0 Å². The smallest absolute Gasteiger partial charge is 0.305 e. The standard InChI is InChI=1S/C14H17F2NO3/c1-20-13(18)5-3-2-4-8-17-14(19)10-6-7-11(15)12(16)9-10/h6-7,9H,2-5,8H2,1H3,(H,17,19). The van der Waals surface area contributed by atoms with Crippen molar-refractivity contribution < 1.29 is 23.1 Å². The van der Waals surface area contributed by atoms with Gasteiger partial charge in [0, 0.05) is 18.5 Å². The number of nitrogens with one attached hydrogen (secondary N) is 1. The topological polar surface area (TPSA) is 55.4 Å². The maximum atomic E-state index is 12.9. The number of halogens is 2. The molecule has 0 bridgehead atoms. The third-order valence-corrected chi connectivity index (χ3v) is 2.75. The van der Waals surface area contributed by atoms with Crippen LogP contribution in [-0.4, -0.2) is 25.5 Å². The van der Waals surface area contributed by atoms with Gasteiger partial charge in [0.2, 0.25) is 0 Å². The largest absolute Gasteiger partial charge is 0.469 e. The summed E-state index contributed by atoms with van der Waals surface area (Å²) in [6.07, 6.45) is 2.51. The molecule has 20 heavy (non-hydrogen) atoms. The van der Waals surface area contributed by atoms with E-state index in [0.29, 0.717) is 25.8 Å². The summed E-state index contributed by atoms with van der Waals surface area (Å²) in [7, 11) is 1.34. The predicted octanol–water partition coefficient (Wildman–Crippen LogP) is 2.43. The molecule has 0 aliphatic carbocycles. The zero-order chi connectivity index (χ0) is 15.0. The Morgan fingerprint density at radius 3 is 2.55 bits per heavy atom. The molecule has 110 valence electrons. The first-order valence-corrected chi connectivity index (χ1v) is 6.34. The Morgan fingerprint density at radius 2 is 1.90 bits per heavy atom. The van der Waals surface area contributed by atoms with Gasteiger partial charge in [-0.25, -0.2) is 8.78 Å². The van der Waals surface area contributed by atoms with Crippen molar-refractivity contribution in [2.75, 3.05) is 13.7 Å². The molecular weight excluding hydrogens is 268 g/mol. The van der Waals surface area contributed by atoms with Gasteiger partial charge in [0.1, 0.15) is 0 Å². The van der Waals surface area contributed by atoms with Crippen molar-refractivity contribution in [3.63, 3.8) is 0 Å². The van der Waals surface area contributed by atoms with Crippen molar-refractivity contribution in [2.24, 2.45) is 0 Å². The Hall–Kier alpha value is -1.98. The van der Waals surface area contributed by atoms with Gasteiger partial charge in [0.05, 0.1) is 7.11 Å². The van der Waals surface area contributed by atoms with E-state index in [1.807, 2.05) is 0 Å². The fraction of sp³-hybridized carbons (Fsp3) is 0.429. The van der Waals surface area contributed by atoms with E-state index >= 15 is 0 Å². The zero-order valence-corrected chi connectivity index (χ0v) is 11.2. The van der Waals surface area contributed by atoms with Gasteiger partial charge in [-0.3, -0.25) is 9.59 Å². The van der Waals surface area contributed by atoms with E-state index in [4.69, 9.17) is 0 Å². The quantitative estimate of drug-likeness (QED) is 0.618. The minimum Gasteiger partial charge on any atom is -0.469 e. The molecule has 1 aromatic carbocycles. The summed E-state index contributed by atoms with van der Waals surface area (Å²) >= 11 is 0. The van der Waals surface area contributed by atoms with Crippen molar-refractivity contribution in [1.29, 1.82) is 0 Å². The molecule has 1 amide bonds. The summed E-state index contributed by atoms with van der Waals surface area (Å²) in [5.74, 6) is -2.73. The number of methoxy groups -OCH3 is 1. The Morgan fingerprint density at radius 1 is 1.15 bits per heavy atom. The first-order chi connectivity index (χ1) is 9.54. The number of amides is 1. The highest BCUT2D eigenvalue weighted by atomic mass is 19.2. The van der Waals surface area contributed by atoms with Crippen molar-refractivity contribution in [3.05, 3.63) is 35.4 Å². The minimum absolute atomic E-state index is 0.0819. The van der Waals surface area contributed by atoms with E-state index in [1.165, 1.54) is 13.2 Å². The lowest BCUT2D eigenvalue weighted by molar-refractivity contribution is -0.140. The number of carbonyl (C=O) groups is 2. The molecule has 4 nitrogen and oxygen atoms in total. The van der Waals surface area contributed by atoms with E-state index in [9.17, 15) is 18.4 Å². The second kappa shape index (κ2) is 8.24. The second-order valence-corrected chi connectivity index (χ2v) is 4.27. The Bertz CT molecular complexity index is 477. The van der Waals surface area contributed by atoms with Crippen LogP contribution in [0.4, 0.5) is 8.78 Å². The number of hydrogen-bond donors (Lipinski definition) is 1. The first kappa shape index (κ1) is 16.1. The fourth-order valence-electron chi connectivity index (χ4n) is 1.61. The molecule has 0 fully saturated rings. The van der Waals surface area contributed by atoms with Crippen LogP contribution < -0.4 is 5.32 Å². The Labute approximate surface area is 116 Å². The van der Waals surface area contributed by atoms with E-state index in [2.05, 4.69) is 10.1 Å². The lowest BCUT2D eigenvalue weighted by Crippen LogP contribution is -2.24. The number of rotatable bonds is 7. The predicted molar refractivity (Wildman–Crippen MR) is 69.2 cm³/mol. The highest BCUT2D eigenvalue weighted by Gasteiger charge is 2.09. The van der Waals surface area contributed by atoms with Gasteiger partial charge in [-0.05, 0) is 31.0 Å². The molecule has 0 aliphatic rings. The zero-order valence-electron chi connectivity index (χ0n) is 11.2. The van der Waals surface area contributed by atoms with Crippen LogP contribution in [0.15, 0.2) is 18.2 Å². The maximum absolute atomic E-state index is 12.9. The summed E-state index contributed by atoms with van der Waals surface area (Å²) in [5.41, 5.74) is 0.0819. The molecule has 0 radical (unpaired) electrons. The molecule has 6 heteroatoms. The summed E-state index contributed by atoms with van der Waals surface area (Å²) in [4.78, 5) is 22.5. The van der Waals surface area contributed by atoms with E-state index in [0.717, 1.165) is 18.6 Å². The van der Waals surface area contributed by atoms with Crippen LogP contribution in [0.5, 0.6) is 0 Å². The highest BCUT2D eigenvalue weighted by Crippen LogP contribution is 2.08. The first-order valence-electron chi connectivity index (χ1n) is 6.34. The molecule has 1 aromatic rings. The van der Waals surface area contributed by atoms with Gasteiger partial charge in [0.25, 0.3) is 5.91 Å². The highest BCUT2D eigenvalue weighted by molar-refractivity contribution is 5.94. The number of carbonyl (C=O) groups excluding carboxylic acids is 2. The van der Waals surface area contributed by atoms with Crippen molar-refractivity contribution in [2.45, 2.75) is 25.7 Å². The molecule has 0 heterocycles. The number of unbranched alkanes of at least 4 members (excludes halogenated alkanes) is 2. The number of hydrogen-bond acceptors (Lipinski definition) is 3. The van der Waals surface area contributed by atoms with Gasteiger partial charge in [0.15, 0.2) is 11.6 Å².